The van der Waals surface area contributed by atoms with Gasteiger partial charge < -0.3 is 5.32 Å². The highest BCUT2D eigenvalue weighted by Crippen LogP contribution is 2.31. The van der Waals surface area contributed by atoms with Gasteiger partial charge in [0.05, 0.1) is 6.67 Å². The molecule has 3 aromatic rings. The molecule has 0 saturated carbocycles. The summed E-state index contributed by atoms with van der Waals surface area (Å²) >= 11 is 0. The smallest absolute Gasteiger partial charge is 0.319 e. The van der Waals surface area contributed by atoms with E-state index < -0.39 is 5.54 Å². The van der Waals surface area contributed by atoms with E-state index in [1.54, 1.807) is 6.92 Å². The number of carbonyl (C=O) groups is 2. The summed E-state index contributed by atoms with van der Waals surface area (Å²) in [7, 11) is 0. The Labute approximate surface area is 182 Å². The lowest BCUT2D eigenvalue weighted by molar-refractivity contribution is -0.132. The standard InChI is InChI=1S/C26H25N3O2/c1-26(23-12-11-20-9-5-6-10-22(20)17-23)24(30)29(25(31)27-26)18-28-15-13-21(14-16-28)19-7-3-2-4-8-19/h2-13,17H,14-16,18H2,1H3,(H,27,31)/t26-/m1/s1. The molecule has 2 heterocycles. The molecule has 5 heteroatoms. The first-order valence-corrected chi connectivity index (χ1v) is 10.6. The lowest BCUT2D eigenvalue weighted by Crippen LogP contribution is -2.44. The van der Waals surface area contributed by atoms with Crippen molar-refractivity contribution in [3.63, 3.8) is 0 Å². The fourth-order valence-electron chi connectivity index (χ4n) is 4.48. The van der Waals surface area contributed by atoms with Gasteiger partial charge in [-0.25, -0.2) is 9.69 Å². The van der Waals surface area contributed by atoms with Crippen molar-refractivity contribution in [2.75, 3.05) is 19.8 Å². The maximum absolute atomic E-state index is 13.3. The van der Waals surface area contributed by atoms with E-state index in [1.807, 2.05) is 60.7 Å². The highest BCUT2D eigenvalue weighted by molar-refractivity contribution is 6.07. The van der Waals surface area contributed by atoms with Crippen LogP contribution in [0.2, 0.25) is 0 Å². The van der Waals surface area contributed by atoms with Crippen LogP contribution in [0.3, 0.4) is 0 Å². The third kappa shape index (κ3) is 3.51. The Balaban J connectivity index is 1.33. The predicted octanol–water partition coefficient (Wildman–Crippen LogP) is 4.35. The normalized spacial score (nSPS) is 22.0. The van der Waals surface area contributed by atoms with Crippen molar-refractivity contribution in [3.8, 4) is 0 Å². The van der Waals surface area contributed by atoms with Crippen LogP contribution in [0.15, 0.2) is 78.9 Å². The molecule has 2 aliphatic heterocycles. The van der Waals surface area contributed by atoms with E-state index in [0.29, 0.717) is 13.2 Å². The molecule has 2 aliphatic rings. The van der Waals surface area contributed by atoms with E-state index >= 15 is 0 Å². The lowest BCUT2D eigenvalue weighted by Gasteiger charge is -2.30. The Bertz CT molecular complexity index is 1190. The summed E-state index contributed by atoms with van der Waals surface area (Å²) in [5.41, 5.74) is 2.30. The third-order valence-electron chi connectivity index (χ3n) is 6.38. The lowest BCUT2D eigenvalue weighted by atomic mass is 9.90. The second-order valence-corrected chi connectivity index (χ2v) is 8.41. The number of imide groups is 1. The van der Waals surface area contributed by atoms with Crippen LogP contribution in [0.1, 0.15) is 24.5 Å². The first-order chi connectivity index (χ1) is 15.0. The molecule has 0 bridgehead atoms. The van der Waals surface area contributed by atoms with Crippen molar-refractivity contribution < 1.29 is 9.59 Å². The first-order valence-electron chi connectivity index (χ1n) is 10.6. The van der Waals surface area contributed by atoms with E-state index in [0.717, 1.165) is 29.3 Å². The highest BCUT2D eigenvalue weighted by atomic mass is 16.2. The van der Waals surface area contributed by atoms with Crippen LogP contribution < -0.4 is 5.32 Å². The van der Waals surface area contributed by atoms with Crippen molar-refractivity contribution in [1.29, 1.82) is 0 Å². The van der Waals surface area contributed by atoms with Gasteiger partial charge in [-0.15, -0.1) is 0 Å². The van der Waals surface area contributed by atoms with Crippen molar-refractivity contribution in [1.82, 2.24) is 15.1 Å². The molecular formula is C26H25N3O2. The van der Waals surface area contributed by atoms with Gasteiger partial charge in [0.25, 0.3) is 5.91 Å². The van der Waals surface area contributed by atoms with Crippen molar-refractivity contribution in [3.05, 3.63) is 90.0 Å². The molecule has 0 aliphatic carbocycles. The van der Waals surface area contributed by atoms with E-state index in [2.05, 4.69) is 28.4 Å². The third-order valence-corrected chi connectivity index (χ3v) is 6.38. The quantitative estimate of drug-likeness (QED) is 0.650. The van der Waals surface area contributed by atoms with E-state index in [1.165, 1.54) is 16.0 Å². The summed E-state index contributed by atoms with van der Waals surface area (Å²) in [5.74, 6) is -0.203. The zero-order chi connectivity index (χ0) is 21.4. The van der Waals surface area contributed by atoms with Crippen molar-refractivity contribution >= 4 is 28.3 Å². The van der Waals surface area contributed by atoms with Crippen molar-refractivity contribution in [2.24, 2.45) is 0 Å². The number of fused-ring (bicyclic) bond motifs is 1. The molecule has 1 saturated heterocycles. The minimum Gasteiger partial charge on any atom is -0.319 e. The van der Waals surface area contributed by atoms with Crippen LogP contribution >= 0.6 is 0 Å². The maximum atomic E-state index is 13.3. The molecule has 1 atom stereocenters. The van der Waals surface area contributed by atoms with E-state index in [-0.39, 0.29) is 11.9 Å². The molecule has 1 fully saturated rings. The van der Waals surface area contributed by atoms with E-state index in [9.17, 15) is 9.59 Å². The topological polar surface area (TPSA) is 52.7 Å². The number of rotatable bonds is 4. The number of benzene rings is 3. The Morgan fingerprint density at radius 1 is 0.935 bits per heavy atom. The largest absolute Gasteiger partial charge is 0.326 e. The number of hydrogen-bond acceptors (Lipinski definition) is 3. The Hall–Kier alpha value is -3.44. The van der Waals surface area contributed by atoms with Crippen molar-refractivity contribution in [2.45, 2.75) is 18.9 Å². The number of hydrogen-bond donors (Lipinski definition) is 1. The molecular weight excluding hydrogens is 386 g/mol. The monoisotopic (exact) mass is 411 g/mol. The van der Waals surface area contributed by atoms with Gasteiger partial charge in [-0.05, 0) is 46.9 Å². The molecule has 5 rings (SSSR count). The van der Waals surface area contributed by atoms with Crippen LogP contribution in [-0.4, -0.2) is 41.5 Å². The Morgan fingerprint density at radius 2 is 1.68 bits per heavy atom. The van der Waals surface area contributed by atoms with Gasteiger partial charge in [0, 0.05) is 13.1 Å². The Kier molecular flexibility index (Phi) is 4.83. The second-order valence-electron chi connectivity index (χ2n) is 8.41. The van der Waals surface area contributed by atoms with Gasteiger partial charge >= 0.3 is 6.03 Å². The summed E-state index contributed by atoms with van der Waals surface area (Å²) in [6, 6.07) is 24.0. The zero-order valence-electron chi connectivity index (χ0n) is 17.5. The first kappa shape index (κ1) is 19.5. The molecule has 0 spiro atoms. The SMILES string of the molecule is C[C@]1(c2ccc3ccccc3c2)NC(=O)N(CN2CC=C(c3ccccc3)CC2)C1=O. The zero-order valence-corrected chi connectivity index (χ0v) is 17.5. The molecule has 0 unspecified atom stereocenters. The van der Waals surface area contributed by atoms with Crippen LogP contribution in [0.25, 0.3) is 16.3 Å². The minimum atomic E-state index is -1.05. The second kappa shape index (κ2) is 7.67. The summed E-state index contributed by atoms with van der Waals surface area (Å²) in [6.07, 6.45) is 3.09. The van der Waals surface area contributed by atoms with Gasteiger partial charge in [0.2, 0.25) is 0 Å². The molecule has 5 nitrogen and oxygen atoms in total. The number of urea groups is 1. The van der Waals surface area contributed by atoms with Gasteiger partial charge in [-0.3, -0.25) is 9.69 Å². The number of nitrogens with one attached hydrogen (secondary N) is 1. The number of nitrogens with zero attached hydrogens (tertiary/aromatic N) is 2. The summed E-state index contributed by atoms with van der Waals surface area (Å²) in [4.78, 5) is 29.6. The number of amides is 3. The fraction of sp³-hybridized carbons (Fsp3) is 0.231. The Morgan fingerprint density at radius 3 is 2.42 bits per heavy atom. The summed E-state index contributed by atoms with van der Waals surface area (Å²) in [6.45, 7) is 3.62. The summed E-state index contributed by atoms with van der Waals surface area (Å²) in [5, 5.41) is 5.09. The average molecular weight is 412 g/mol. The van der Waals surface area contributed by atoms with Crippen LogP contribution in [0, 0.1) is 0 Å². The predicted molar refractivity (Wildman–Crippen MR) is 122 cm³/mol. The van der Waals surface area contributed by atoms with Crippen LogP contribution in [0.5, 0.6) is 0 Å². The molecule has 1 N–H and O–H groups in total. The maximum Gasteiger partial charge on any atom is 0.326 e. The molecule has 0 aromatic heterocycles. The van der Waals surface area contributed by atoms with Gasteiger partial charge in [0.1, 0.15) is 5.54 Å². The number of carbonyl (C=O) groups excluding carboxylic acids is 2. The molecule has 156 valence electrons. The van der Waals surface area contributed by atoms with Gasteiger partial charge in [-0.2, -0.15) is 0 Å². The molecule has 0 radical (unpaired) electrons. The molecule has 3 amide bonds. The van der Waals surface area contributed by atoms with Crippen LogP contribution in [0.4, 0.5) is 4.79 Å². The molecule has 31 heavy (non-hydrogen) atoms. The highest BCUT2D eigenvalue weighted by Gasteiger charge is 2.49. The average Bonchev–Trinajstić information content (AvgIpc) is 3.03. The van der Waals surface area contributed by atoms with Gasteiger partial charge in [-0.1, -0.05) is 72.8 Å². The van der Waals surface area contributed by atoms with Gasteiger partial charge in [0.15, 0.2) is 0 Å². The minimum absolute atomic E-state index is 0.203. The van der Waals surface area contributed by atoms with Crippen LogP contribution in [-0.2, 0) is 10.3 Å². The summed E-state index contributed by atoms with van der Waals surface area (Å²) < 4.78 is 0. The fourth-order valence-corrected chi connectivity index (χ4v) is 4.48. The van der Waals surface area contributed by atoms with E-state index in [4.69, 9.17) is 0 Å². The molecule has 3 aromatic carbocycles.